The molecule has 0 aliphatic rings. The number of guanidine groups is 1. The van der Waals surface area contributed by atoms with Gasteiger partial charge in [0.15, 0.2) is 5.96 Å². The second-order valence-corrected chi connectivity index (χ2v) is 5.97. The summed E-state index contributed by atoms with van der Waals surface area (Å²) in [5.74, 6) is 1.71. The highest BCUT2D eigenvalue weighted by Gasteiger charge is 2.00. The zero-order valence-electron chi connectivity index (χ0n) is 16.6. The van der Waals surface area contributed by atoms with E-state index in [0.29, 0.717) is 6.54 Å². The molecule has 1 rings (SSSR count). The van der Waals surface area contributed by atoms with E-state index in [1.54, 1.807) is 14.2 Å². The van der Waals surface area contributed by atoms with Crippen LogP contribution < -0.4 is 15.4 Å². The third-order valence-electron chi connectivity index (χ3n) is 3.86. The summed E-state index contributed by atoms with van der Waals surface area (Å²) in [5.41, 5.74) is 1.15. The number of hydrogen-bond donors (Lipinski definition) is 2. The van der Waals surface area contributed by atoms with Gasteiger partial charge in [-0.05, 0) is 50.3 Å². The van der Waals surface area contributed by atoms with Gasteiger partial charge in [0, 0.05) is 40.0 Å². The second kappa shape index (κ2) is 15.5. The predicted molar refractivity (Wildman–Crippen MR) is 107 cm³/mol. The molecule has 0 amide bonds. The number of unbranched alkanes of at least 4 members (excludes halogenated alkanes) is 2. The maximum absolute atomic E-state index is 5.38. The third kappa shape index (κ3) is 10.9. The minimum Gasteiger partial charge on any atom is -0.497 e. The van der Waals surface area contributed by atoms with Crippen LogP contribution in [0.15, 0.2) is 29.3 Å². The van der Waals surface area contributed by atoms with Gasteiger partial charge in [-0.25, -0.2) is 4.99 Å². The Bertz CT molecular complexity index is 478. The lowest BCUT2D eigenvalue weighted by Gasteiger charge is -2.13. The van der Waals surface area contributed by atoms with Crippen molar-refractivity contribution in [3.8, 4) is 5.75 Å². The summed E-state index contributed by atoms with van der Waals surface area (Å²) < 4.78 is 15.7. The van der Waals surface area contributed by atoms with Crippen LogP contribution in [0, 0.1) is 0 Å². The number of nitrogens with zero attached hydrogens (tertiary/aromatic N) is 1. The van der Waals surface area contributed by atoms with Crippen LogP contribution in [0.3, 0.4) is 0 Å². The molecule has 0 saturated carbocycles. The summed E-state index contributed by atoms with van der Waals surface area (Å²) in [4.78, 5) is 4.69. The molecule has 0 saturated heterocycles. The van der Waals surface area contributed by atoms with E-state index in [1.165, 1.54) is 0 Å². The third-order valence-corrected chi connectivity index (χ3v) is 3.86. The Morgan fingerprint density at radius 1 is 0.923 bits per heavy atom. The molecule has 0 aromatic heterocycles. The van der Waals surface area contributed by atoms with E-state index in [1.807, 2.05) is 31.2 Å². The molecule has 0 aliphatic heterocycles. The van der Waals surface area contributed by atoms with Crippen LogP contribution in [0.25, 0.3) is 0 Å². The highest BCUT2D eigenvalue weighted by molar-refractivity contribution is 5.79. The molecule has 0 atom stereocenters. The lowest BCUT2D eigenvalue weighted by molar-refractivity contribution is 0.145. The smallest absolute Gasteiger partial charge is 0.191 e. The molecule has 0 fully saturated rings. The molecule has 0 aliphatic carbocycles. The minimum atomic E-state index is 0.633. The van der Waals surface area contributed by atoms with Gasteiger partial charge in [0.2, 0.25) is 0 Å². The van der Waals surface area contributed by atoms with Gasteiger partial charge >= 0.3 is 0 Å². The van der Waals surface area contributed by atoms with Gasteiger partial charge in [0.25, 0.3) is 0 Å². The molecule has 0 unspecified atom stereocenters. The predicted octanol–water partition coefficient (Wildman–Crippen LogP) is 2.97. The van der Waals surface area contributed by atoms with E-state index in [2.05, 4.69) is 15.6 Å². The van der Waals surface area contributed by atoms with Crippen molar-refractivity contribution in [3.05, 3.63) is 29.8 Å². The lowest BCUT2D eigenvalue weighted by Crippen LogP contribution is -2.38. The molecular formula is C20H35N3O3. The molecule has 2 N–H and O–H groups in total. The number of aliphatic imine (C=N–C) groups is 1. The van der Waals surface area contributed by atoms with Crippen molar-refractivity contribution in [2.75, 3.05) is 47.1 Å². The molecule has 6 nitrogen and oxygen atoms in total. The topological polar surface area (TPSA) is 64.1 Å². The fraction of sp³-hybridized carbons (Fsp3) is 0.650. The van der Waals surface area contributed by atoms with Crippen molar-refractivity contribution in [3.63, 3.8) is 0 Å². The summed E-state index contributed by atoms with van der Waals surface area (Å²) >= 11 is 0. The van der Waals surface area contributed by atoms with Crippen LogP contribution in [-0.2, 0) is 16.0 Å². The van der Waals surface area contributed by atoms with Crippen LogP contribution in [0.4, 0.5) is 0 Å². The van der Waals surface area contributed by atoms with Crippen molar-refractivity contribution in [2.24, 2.45) is 4.99 Å². The Morgan fingerprint density at radius 2 is 1.65 bits per heavy atom. The van der Waals surface area contributed by atoms with Crippen LogP contribution in [0.5, 0.6) is 5.75 Å². The zero-order valence-corrected chi connectivity index (χ0v) is 16.6. The van der Waals surface area contributed by atoms with Crippen molar-refractivity contribution >= 4 is 5.96 Å². The van der Waals surface area contributed by atoms with Gasteiger partial charge < -0.3 is 24.8 Å². The monoisotopic (exact) mass is 365 g/mol. The molecule has 148 valence electrons. The SMILES string of the molecule is CCOCCCNC(=NCc1ccc(OC)cc1)NCCCCCOC. The number of nitrogens with one attached hydrogen (secondary N) is 2. The lowest BCUT2D eigenvalue weighted by atomic mass is 10.2. The molecular weight excluding hydrogens is 330 g/mol. The first-order valence-corrected chi connectivity index (χ1v) is 9.52. The fourth-order valence-corrected chi connectivity index (χ4v) is 2.36. The quantitative estimate of drug-likeness (QED) is 0.301. The summed E-state index contributed by atoms with van der Waals surface area (Å²) in [6, 6.07) is 8.01. The highest BCUT2D eigenvalue weighted by Crippen LogP contribution is 2.11. The average Bonchev–Trinajstić information content (AvgIpc) is 2.68. The number of methoxy groups -OCH3 is 2. The number of benzene rings is 1. The number of ether oxygens (including phenoxy) is 3. The van der Waals surface area contributed by atoms with E-state index < -0.39 is 0 Å². The van der Waals surface area contributed by atoms with Gasteiger partial charge in [-0.15, -0.1) is 0 Å². The normalized spacial score (nSPS) is 11.4. The van der Waals surface area contributed by atoms with Gasteiger partial charge in [-0.3, -0.25) is 0 Å². The van der Waals surface area contributed by atoms with E-state index in [9.17, 15) is 0 Å². The molecule has 26 heavy (non-hydrogen) atoms. The molecule has 0 heterocycles. The molecule has 0 spiro atoms. The van der Waals surface area contributed by atoms with Crippen molar-refractivity contribution in [2.45, 2.75) is 39.2 Å². The van der Waals surface area contributed by atoms with Gasteiger partial charge in [0.1, 0.15) is 5.75 Å². The summed E-state index contributed by atoms with van der Waals surface area (Å²) in [6.45, 7) is 6.76. The van der Waals surface area contributed by atoms with Crippen LogP contribution in [0.1, 0.15) is 38.2 Å². The molecule has 6 heteroatoms. The van der Waals surface area contributed by atoms with Crippen LogP contribution >= 0.6 is 0 Å². The zero-order chi connectivity index (χ0) is 18.9. The molecule has 1 aromatic carbocycles. The van der Waals surface area contributed by atoms with Crippen LogP contribution in [-0.4, -0.2) is 53.1 Å². The van der Waals surface area contributed by atoms with Gasteiger partial charge in [-0.2, -0.15) is 0 Å². The van der Waals surface area contributed by atoms with E-state index in [0.717, 1.165) is 75.9 Å². The summed E-state index contributed by atoms with van der Waals surface area (Å²) in [6.07, 6.45) is 4.31. The van der Waals surface area contributed by atoms with Gasteiger partial charge in [-0.1, -0.05) is 12.1 Å². The van der Waals surface area contributed by atoms with E-state index in [4.69, 9.17) is 14.2 Å². The highest BCUT2D eigenvalue weighted by atomic mass is 16.5. The van der Waals surface area contributed by atoms with Crippen molar-refractivity contribution in [1.82, 2.24) is 10.6 Å². The largest absolute Gasteiger partial charge is 0.497 e. The van der Waals surface area contributed by atoms with Crippen LogP contribution in [0.2, 0.25) is 0 Å². The summed E-state index contributed by atoms with van der Waals surface area (Å²) in [5, 5.41) is 6.80. The average molecular weight is 366 g/mol. The second-order valence-electron chi connectivity index (χ2n) is 5.97. The van der Waals surface area contributed by atoms with E-state index >= 15 is 0 Å². The molecule has 0 bridgehead atoms. The Morgan fingerprint density at radius 3 is 2.31 bits per heavy atom. The number of rotatable bonds is 14. The maximum Gasteiger partial charge on any atom is 0.191 e. The first-order valence-electron chi connectivity index (χ1n) is 9.52. The fourth-order valence-electron chi connectivity index (χ4n) is 2.36. The van der Waals surface area contributed by atoms with Crippen molar-refractivity contribution < 1.29 is 14.2 Å². The Balaban J connectivity index is 2.43. The number of hydrogen-bond acceptors (Lipinski definition) is 4. The first-order chi connectivity index (χ1) is 12.8. The summed E-state index contributed by atoms with van der Waals surface area (Å²) in [7, 11) is 3.42. The Labute approximate surface area is 158 Å². The van der Waals surface area contributed by atoms with Gasteiger partial charge in [0.05, 0.1) is 13.7 Å². The minimum absolute atomic E-state index is 0.633. The van der Waals surface area contributed by atoms with Crippen molar-refractivity contribution in [1.29, 1.82) is 0 Å². The maximum atomic E-state index is 5.38. The molecule has 0 radical (unpaired) electrons. The molecule has 1 aromatic rings. The standard InChI is InChI=1S/C20H35N3O3/c1-4-26-16-8-14-22-20(21-13-6-5-7-15-24-2)23-17-18-9-11-19(25-3)12-10-18/h9-12H,4-8,13-17H2,1-3H3,(H2,21,22,23). The van der Waals surface area contributed by atoms with E-state index in [-0.39, 0.29) is 0 Å². The Kier molecular flexibility index (Phi) is 13.2. The first kappa shape index (κ1) is 22.3. The Hall–Kier alpha value is -1.79.